The summed E-state index contributed by atoms with van der Waals surface area (Å²) in [5.74, 6) is 5.11. The van der Waals surface area contributed by atoms with Crippen molar-refractivity contribution in [2.75, 3.05) is 13.7 Å². The zero-order chi connectivity index (χ0) is 22.8. The quantitative estimate of drug-likeness (QED) is 0.373. The minimum atomic E-state index is -0.943. The van der Waals surface area contributed by atoms with E-state index in [0.717, 1.165) is 27.8 Å². The Bertz CT molecular complexity index is 1120. The van der Waals surface area contributed by atoms with Gasteiger partial charge >= 0.3 is 5.97 Å². The molecule has 0 amide bonds. The van der Waals surface area contributed by atoms with Gasteiger partial charge in [-0.25, -0.2) is 4.79 Å². The van der Waals surface area contributed by atoms with Gasteiger partial charge in [-0.1, -0.05) is 60.4 Å². The van der Waals surface area contributed by atoms with Gasteiger partial charge in [0.2, 0.25) is 0 Å². The zero-order valence-corrected chi connectivity index (χ0v) is 18.2. The normalized spacial score (nSPS) is 11.7. The Morgan fingerprint density at radius 1 is 1.03 bits per heavy atom. The van der Waals surface area contributed by atoms with Crippen molar-refractivity contribution in [3.05, 3.63) is 101 Å². The average Bonchev–Trinajstić information content (AvgIpc) is 2.82. The molecule has 0 saturated heterocycles. The summed E-state index contributed by atoms with van der Waals surface area (Å²) in [6.07, 6.45) is 4.26. The van der Waals surface area contributed by atoms with Gasteiger partial charge in [-0.15, -0.1) is 0 Å². The average molecular weight is 427 g/mol. The highest BCUT2D eigenvalue weighted by Crippen LogP contribution is 2.25. The molecule has 4 nitrogen and oxygen atoms in total. The van der Waals surface area contributed by atoms with Crippen LogP contribution in [0.5, 0.6) is 0 Å². The summed E-state index contributed by atoms with van der Waals surface area (Å²) in [7, 11) is 1.66. The second kappa shape index (κ2) is 11.7. The van der Waals surface area contributed by atoms with E-state index in [1.54, 1.807) is 31.4 Å². The fourth-order valence-corrected chi connectivity index (χ4v) is 3.27. The Kier molecular flexibility index (Phi) is 8.39. The van der Waals surface area contributed by atoms with E-state index in [0.29, 0.717) is 13.0 Å². The molecule has 0 fully saturated rings. The number of benzene rings is 3. The first-order chi connectivity index (χ1) is 15.6. The Balaban J connectivity index is 1.73. The SMILES string of the molecule is CCOC(Cc1ccc(-c2ccccc2/C=C/C#Cc2ccc(C(=O)O)cc2)cc1)OC. The number of methoxy groups -OCH3 is 1. The van der Waals surface area contributed by atoms with Crippen molar-refractivity contribution >= 4 is 12.0 Å². The number of hydrogen-bond donors (Lipinski definition) is 1. The van der Waals surface area contributed by atoms with E-state index in [1.165, 1.54) is 0 Å². The summed E-state index contributed by atoms with van der Waals surface area (Å²) in [5, 5.41) is 8.96. The monoisotopic (exact) mass is 426 g/mol. The molecule has 3 rings (SSSR count). The third-order valence-corrected chi connectivity index (χ3v) is 4.94. The second-order valence-electron chi connectivity index (χ2n) is 7.09. The lowest BCUT2D eigenvalue weighted by Gasteiger charge is -2.15. The number of carboxylic acids is 1. The fourth-order valence-electron chi connectivity index (χ4n) is 3.27. The molecule has 32 heavy (non-hydrogen) atoms. The van der Waals surface area contributed by atoms with E-state index < -0.39 is 5.97 Å². The van der Waals surface area contributed by atoms with Crippen LogP contribution in [0.15, 0.2) is 78.9 Å². The molecule has 3 aromatic rings. The molecular formula is C28H26O4. The largest absolute Gasteiger partial charge is 0.478 e. The highest BCUT2D eigenvalue weighted by atomic mass is 16.7. The van der Waals surface area contributed by atoms with Crippen molar-refractivity contribution in [1.29, 1.82) is 0 Å². The maximum atomic E-state index is 10.9. The minimum Gasteiger partial charge on any atom is -0.478 e. The lowest BCUT2D eigenvalue weighted by Crippen LogP contribution is -2.18. The molecule has 3 aromatic carbocycles. The number of carboxylic acid groups (broad SMARTS) is 1. The number of ether oxygens (including phenoxy) is 2. The lowest BCUT2D eigenvalue weighted by atomic mass is 9.98. The van der Waals surface area contributed by atoms with E-state index >= 15 is 0 Å². The van der Waals surface area contributed by atoms with Crippen molar-refractivity contribution in [2.45, 2.75) is 19.6 Å². The summed E-state index contributed by atoms with van der Waals surface area (Å²) in [6, 6.07) is 23.1. The van der Waals surface area contributed by atoms with Gasteiger partial charge in [-0.05, 0) is 65.6 Å². The van der Waals surface area contributed by atoms with Gasteiger partial charge < -0.3 is 14.6 Å². The third-order valence-electron chi connectivity index (χ3n) is 4.94. The number of carbonyl (C=O) groups is 1. The van der Waals surface area contributed by atoms with Gasteiger partial charge in [0.15, 0.2) is 6.29 Å². The molecule has 1 atom stereocenters. The molecule has 0 aliphatic carbocycles. The Hall–Kier alpha value is -3.65. The van der Waals surface area contributed by atoms with Gasteiger partial charge in [-0.3, -0.25) is 0 Å². The van der Waals surface area contributed by atoms with Crippen LogP contribution in [-0.4, -0.2) is 31.1 Å². The highest BCUT2D eigenvalue weighted by molar-refractivity contribution is 5.87. The molecule has 0 aromatic heterocycles. The van der Waals surface area contributed by atoms with E-state index in [1.807, 2.05) is 31.2 Å². The van der Waals surface area contributed by atoms with E-state index in [4.69, 9.17) is 14.6 Å². The Labute approximate surface area is 189 Å². The van der Waals surface area contributed by atoms with Crippen LogP contribution >= 0.6 is 0 Å². The van der Waals surface area contributed by atoms with Crippen LogP contribution in [0.3, 0.4) is 0 Å². The van der Waals surface area contributed by atoms with Crippen molar-refractivity contribution < 1.29 is 19.4 Å². The molecule has 1 N–H and O–H groups in total. The molecule has 0 saturated carbocycles. The lowest BCUT2D eigenvalue weighted by molar-refractivity contribution is -0.118. The third kappa shape index (κ3) is 6.42. The standard InChI is InChI=1S/C28H26O4/c1-3-32-27(31-2)20-22-14-16-24(17-15-22)26-11-7-6-10-23(26)9-5-4-8-21-12-18-25(19-13-21)28(29)30/h5-7,9-19,27H,3,20H2,1-2H3,(H,29,30)/b9-5+. The van der Waals surface area contributed by atoms with E-state index in [-0.39, 0.29) is 11.9 Å². The molecule has 162 valence electrons. The molecule has 0 aliphatic heterocycles. The van der Waals surface area contributed by atoms with Crippen LogP contribution in [0.25, 0.3) is 17.2 Å². The Morgan fingerprint density at radius 3 is 2.41 bits per heavy atom. The number of allylic oxidation sites excluding steroid dienone is 1. The summed E-state index contributed by atoms with van der Waals surface area (Å²) in [4.78, 5) is 10.9. The summed E-state index contributed by atoms with van der Waals surface area (Å²) in [6.45, 7) is 2.58. The molecule has 1 unspecified atom stereocenters. The second-order valence-corrected chi connectivity index (χ2v) is 7.09. The van der Waals surface area contributed by atoms with Crippen molar-refractivity contribution in [3.63, 3.8) is 0 Å². The van der Waals surface area contributed by atoms with E-state index in [9.17, 15) is 4.79 Å². The summed E-state index contributed by atoms with van der Waals surface area (Å²) >= 11 is 0. The van der Waals surface area contributed by atoms with Crippen molar-refractivity contribution in [2.24, 2.45) is 0 Å². The van der Waals surface area contributed by atoms with Gasteiger partial charge in [0.1, 0.15) is 0 Å². The highest BCUT2D eigenvalue weighted by Gasteiger charge is 2.08. The minimum absolute atomic E-state index is 0.236. The van der Waals surface area contributed by atoms with Crippen LogP contribution in [0, 0.1) is 11.8 Å². The first-order valence-corrected chi connectivity index (χ1v) is 10.4. The molecule has 0 aliphatic rings. The molecule has 4 heteroatoms. The van der Waals surface area contributed by atoms with Crippen LogP contribution < -0.4 is 0 Å². The topological polar surface area (TPSA) is 55.8 Å². The number of hydrogen-bond acceptors (Lipinski definition) is 3. The van der Waals surface area contributed by atoms with Crippen LogP contribution in [-0.2, 0) is 15.9 Å². The zero-order valence-electron chi connectivity index (χ0n) is 18.2. The van der Waals surface area contributed by atoms with Gasteiger partial charge in [0.05, 0.1) is 5.56 Å². The van der Waals surface area contributed by atoms with Crippen LogP contribution in [0.1, 0.15) is 34.0 Å². The first-order valence-electron chi connectivity index (χ1n) is 10.4. The maximum Gasteiger partial charge on any atom is 0.335 e. The predicted molar refractivity (Wildman–Crippen MR) is 127 cm³/mol. The summed E-state index contributed by atoms with van der Waals surface area (Å²) < 4.78 is 10.9. The van der Waals surface area contributed by atoms with Gasteiger partial charge in [0.25, 0.3) is 0 Å². The maximum absolute atomic E-state index is 10.9. The van der Waals surface area contributed by atoms with Crippen LogP contribution in [0.2, 0.25) is 0 Å². The molecule has 0 bridgehead atoms. The Morgan fingerprint density at radius 2 is 1.75 bits per heavy atom. The molecule has 0 spiro atoms. The first kappa shape index (κ1) is 23.0. The van der Waals surface area contributed by atoms with Gasteiger partial charge in [-0.2, -0.15) is 0 Å². The molecular weight excluding hydrogens is 400 g/mol. The summed E-state index contributed by atoms with van der Waals surface area (Å²) in [5.41, 5.74) is 5.49. The fraction of sp³-hybridized carbons (Fsp3) is 0.179. The van der Waals surface area contributed by atoms with Gasteiger partial charge in [0, 0.05) is 25.7 Å². The number of aromatic carboxylic acids is 1. The molecule has 0 heterocycles. The van der Waals surface area contributed by atoms with Crippen LogP contribution in [0.4, 0.5) is 0 Å². The van der Waals surface area contributed by atoms with E-state index in [2.05, 4.69) is 48.2 Å². The smallest absolute Gasteiger partial charge is 0.335 e. The van der Waals surface area contributed by atoms with Crippen molar-refractivity contribution in [1.82, 2.24) is 0 Å². The predicted octanol–water partition coefficient (Wildman–Crippen LogP) is 5.67. The van der Waals surface area contributed by atoms with Crippen molar-refractivity contribution in [3.8, 4) is 23.0 Å². The molecule has 0 radical (unpaired) electrons. The number of rotatable bonds is 8.